The van der Waals surface area contributed by atoms with Crippen LogP contribution in [0.25, 0.3) is 10.6 Å². The third-order valence-electron chi connectivity index (χ3n) is 3.59. The van der Waals surface area contributed by atoms with Gasteiger partial charge in [0.2, 0.25) is 5.91 Å². The van der Waals surface area contributed by atoms with Gasteiger partial charge in [0.1, 0.15) is 10.0 Å². The van der Waals surface area contributed by atoms with Gasteiger partial charge in [-0.25, -0.2) is 13.4 Å². The number of carbonyl (C=O) groups is 1. The van der Waals surface area contributed by atoms with Crippen molar-refractivity contribution in [3.8, 4) is 10.6 Å². The molecule has 0 N–H and O–H groups in total. The summed E-state index contributed by atoms with van der Waals surface area (Å²) in [4.78, 5) is 17.4. The topological polar surface area (TPSA) is 94.3 Å². The fourth-order valence-electron chi connectivity index (χ4n) is 2.10. The van der Waals surface area contributed by atoms with E-state index < -0.39 is 46.3 Å². The maximum Gasteiger partial charge on any atom is 0.390 e. The van der Waals surface area contributed by atoms with Crippen molar-refractivity contribution in [2.24, 2.45) is 0 Å². The Morgan fingerprint density at radius 3 is 2.68 bits per heavy atom. The number of rotatable bonds is 7. The Kier molecular flexibility index (Phi) is 6.88. The predicted molar refractivity (Wildman–Crippen MR) is 98.9 cm³/mol. The Balaban J connectivity index is 2.05. The van der Waals surface area contributed by atoms with Gasteiger partial charge in [-0.3, -0.25) is 4.79 Å². The molecule has 2 heterocycles. The van der Waals surface area contributed by atoms with E-state index in [-0.39, 0.29) is 10.2 Å². The minimum absolute atomic E-state index is 0.0166. The lowest BCUT2D eigenvalue weighted by Gasteiger charge is -2.15. The number of hydrogen-bond donors (Lipinski definition) is 0. The molecule has 2 aromatic heterocycles. The van der Waals surface area contributed by atoms with E-state index in [2.05, 4.69) is 4.98 Å². The number of pyridine rings is 1. The van der Waals surface area contributed by atoms with E-state index in [1.54, 1.807) is 6.07 Å². The average molecular weight is 458 g/mol. The third kappa shape index (κ3) is 6.31. The molecule has 0 spiro atoms. The van der Waals surface area contributed by atoms with Crippen LogP contribution in [0.4, 0.5) is 18.2 Å². The fourth-order valence-corrected chi connectivity index (χ4v) is 4.64. The first-order valence-corrected chi connectivity index (χ1v) is 10.8. The van der Waals surface area contributed by atoms with E-state index in [0.717, 1.165) is 16.2 Å². The molecule has 0 aliphatic heterocycles. The lowest BCUT2D eigenvalue weighted by Crippen LogP contribution is -2.28. The maximum absolute atomic E-state index is 12.2. The van der Waals surface area contributed by atoms with Crippen molar-refractivity contribution in [3.05, 3.63) is 34.9 Å². The molecule has 0 saturated carbocycles. The molecule has 7 nitrogen and oxygen atoms in total. The maximum atomic E-state index is 12.2. The Labute approximate surface area is 167 Å². The Morgan fingerprint density at radius 1 is 1.39 bits per heavy atom. The molecule has 154 valence electrons. The van der Waals surface area contributed by atoms with Crippen LogP contribution in [0.1, 0.15) is 12.8 Å². The third-order valence-corrected chi connectivity index (χ3v) is 6.80. The normalized spacial score (nSPS) is 12.2. The van der Waals surface area contributed by atoms with Gasteiger partial charge < -0.3 is 10.1 Å². The second kappa shape index (κ2) is 8.62. The fraction of sp³-hybridized carbons (Fsp3) is 0.400. The second-order valence-corrected chi connectivity index (χ2v) is 9.43. The number of alkyl halides is 3. The molecule has 2 rings (SSSR count). The van der Waals surface area contributed by atoms with Crippen LogP contribution in [-0.2, 0) is 14.6 Å². The Morgan fingerprint density at radius 2 is 2.07 bits per heavy atom. The average Bonchev–Trinajstić information content (AvgIpc) is 2.99. The molecule has 0 bridgehead atoms. The number of amides is 1. The summed E-state index contributed by atoms with van der Waals surface area (Å²) < 4.78 is 60.5. The number of carbonyl (C=O) groups excluding carboxylic acids is 1. The second-order valence-electron chi connectivity index (χ2n) is 5.79. The molecule has 28 heavy (non-hydrogen) atoms. The van der Waals surface area contributed by atoms with Crippen LogP contribution < -0.4 is 9.63 Å². The number of sulfone groups is 1. The van der Waals surface area contributed by atoms with Crippen molar-refractivity contribution in [1.29, 1.82) is 0 Å². The van der Waals surface area contributed by atoms with Crippen molar-refractivity contribution >= 4 is 43.7 Å². The highest BCUT2D eigenvalue weighted by molar-refractivity contribution is 7.91. The zero-order valence-corrected chi connectivity index (χ0v) is 16.8. The zero-order valence-electron chi connectivity index (χ0n) is 14.4. The molecule has 1 amide bonds. The molecule has 0 aromatic carbocycles. The number of hydrogen-bond acceptors (Lipinski definition) is 6. The van der Waals surface area contributed by atoms with E-state index in [1.165, 1.54) is 25.5 Å². The predicted octanol–water partition coefficient (Wildman–Crippen LogP) is 2.82. The number of anilines is 1. The standard InChI is InChI=1S/C15H15ClF3N3O4S2/c1-21(11(23)4-7-28(25,26)8-5-15(17,18)19)14-12(16)20-13(27-14)10-3-2-6-22(24)9-10/h2-3,6,9H,4-5,7-8H2,1H3. The molecule has 0 atom stereocenters. The highest BCUT2D eigenvalue weighted by Gasteiger charge is 2.30. The van der Waals surface area contributed by atoms with Gasteiger partial charge in [0.15, 0.2) is 27.4 Å². The summed E-state index contributed by atoms with van der Waals surface area (Å²) in [5, 5.41) is 12.0. The first-order chi connectivity index (χ1) is 12.9. The smallest absolute Gasteiger partial charge is 0.390 e. The van der Waals surface area contributed by atoms with Crippen LogP contribution >= 0.6 is 22.9 Å². The SMILES string of the molecule is CN(C(=O)CCS(=O)(=O)CCC(F)(F)F)c1sc(-c2ccc[n+]([O-])c2)nc1Cl. The van der Waals surface area contributed by atoms with Gasteiger partial charge in [-0.2, -0.15) is 17.9 Å². The summed E-state index contributed by atoms with van der Waals surface area (Å²) in [5.41, 5.74) is 0.478. The molecular weight excluding hydrogens is 443 g/mol. The highest BCUT2D eigenvalue weighted by atomic mass is 35.5. The lowest BCUT2D eigenvalue weighted by molar-refractivity contribution is -0.604. The van der Waals surface area contributed by atoms with Crippen LogP contribution in [0.15, 0.2) is 24.5 Å². The summed E-state index contributed by atoms with van der Waals surface area (Å²) in [6, 6.07) is 3.14. The molecule has 0 radical (unpaired) electrons. The van der Waals surface area contributed by atoms with Gasteiger partial charge in [0.05, 0.1) is 23.5 Å². The minimum Gasteiger partial charge on any atom is -0.619 e. The van der Waals surface area contributed by atoms with Crippen molar-refractivity contribution in [2.75, 3.05) is 23.5 Å². The quantitative estimate of drug-likeness (QED) is 0.470. The summed E-state index contributed by atoms with van der Waals surface area (Å²) in [6.07, 6.45) is -3.98. The van der Waals surface area contributed by atoms with Gasteiger partial charge in [0.25, 0.3) is 0 Å². The van der Waals surface area contributed by atoms with Crippen LogP contribution in [-0.4, -0.2) is 44.0 Å². The Bertz CT molecular complexity index is 964. The van der Waals surface area contributed by atoms with E-state index >= 15 is 0 Å². The van der Waals surface area contributed by atoms with Crippen LogP contribution in [0.2, 0.25) is 5.15 Å². The first-order valence-electron chi connectivity index (χ1n) is 7.77. The van der Waals surface area contributed by atoms with Crippen molar-refractivity contribution in [1.82, 2.24) is 4.98 Å². The zero-order chi connectivity index (χ0) is 21.1. The first kappa shape index (κ1) is 22.4. The molecule has 0 saturated heterocycles. The monoisotopic (exact) mass is 457 g/mol. The van der Waals surface area contributed by atoms with E-state index in [4.69, 9.17) is 11.6 Å². The summed E-state index contributed by atoms with van der Waals surface area (Å²) in [7, 11) is -2.67. The van der Waals surface area contributed by atoms with Gasteiger partial charge in [-0.15, -0.1) is 0 Å². The van der Waals surface area contributed by atoms with E-state index in [1.807, 2.05) is 0 Å². The molecule has 13 heteroatoms. The molecule has 0 fully saturated rings. The number of aromatic nitrogens is 2. The molecule has 2 aromatic rings. The van der Waals surface area contributed by atoms with Gasteiger partial charge in [-0.1, -0.05) is 22.9 Å². The van der Waals surface area contributed by atoms with Crippen LogP contribution in [0, 0.1) is 5.21 Å². The summed E-state index contributed by atoms with van der Waals surface area (Å²) >= 11 is 7.06. The molecular formula is C15H15ClF3N3O4S2. The lowest BCUT2D eigenvalue weighted by atomic mass is 10.3. The number of halogens is 4. The van der Waals surface area contributed by atoms with Gasteiger partial charge in [0, 0.05) is 19.5 Å². The largest absolute Gasteiger partial charge is 0.619 e. The van der Waals surface area contributed by atoms with Crippen LogP contribution in [0.5, 0.6) is 0 Å². The van der Waals surface area contributed by atoms with Crippen molar-refractivity contribution in [2.45, 2.75) is 19.0 Å². The summed E-state index contributed by atoms with van der Waals surface area (Å²) in [6.45, 7) is 0. The molecule has 0 aliphatic rings. The molecule has 0 unspecified atom stereocenters. The van der Waals surface area contributed by atoms with Crippen molar-refractivity contribution in [3.63, 3.8) is 0 Å². The van der Waals surface area contributed by atoms with E-state index in [0.29, 0.717) is 15.3 Å². The van der Waals surface area contributed by atoms with Gasteiger partial charge >= 0.3 is 6.18 Å². The van der Waals surface area contributed by atoms with Crippen LogP contribution in [0.3, 0.4) is 0 Å². The summed E-state index contributed by atoms with van der Waals surface area (Å²) in [5.74, 6) is -2.41. The molecule has 0 aliphatic carbocycles. The number of nitrogens with zero attached hydrogens (tertiary/aromatic N) is 3. The van der Waals surface area contributed by atoms with E-state index in [9.17, 15) is 31.6 Å². The highest BCUT2D eigenvalue weighted by Crippen LogP contribution is 2.37. The minimum atomic E-state index is -4.58. The Hall–Kier alpha value is -1.92. The van der Waals surface area contributed by atoms with Gasteiger partial charge in [-0.05, 0) is 6.07 Å². The van der Waals surface area contributed by atoms with Crippen molar-refractivity contribution < 1.29 is 31.1 Å². The number of thiazole rings is 1.